The Bertz CT molecular complexity index is 141. The third-order valence-electron chi connectivity index (χ3n) is 2.72. The summed E-state index contributed by atoms with van der Waals surface area (Å²) in [5.74, 6) is 0.548. The second-order valence-electron chi connectivity index (χ2n) is 3.66. The molecule has 1 aliphatic rings. The van der Waals surface area contributed by atoms with Crippen molar-refractivity contribution in [2.75, 3.05) is 0 Å². The maximum Gasteiger partial charge on any atom is 0.217 e. The summed E-state index contributed by atoms with van der Waals surface area (Å²) in [6, 6.07) is 0. The van der Waals surface area contributed by atoms with Crippen LogP contribution in [0.25, 0.3) is 0 Å². The molecule has 68 valence electrons. The Labute approximate surface area is 75.5 Å². The first-order chi connectivity index (χ1) is 5.84. The van der Waals surface area contributed by atoms with Crippen LogP contribution in [0, 0.1) is 5.92 Å². The van der Waals surface area contributed by atoms with E-state index in [-0.39, 0.29) is 5.91 Å². The molecular weight excluding hydrogens is 149 g/mol. The molecule has 2 nitrogen and oxygen atoms in total. The van der Waals surface area contributed by atoms with Gasteiger partial charge < -0.3 is 5.23 Å². The fraction of sp³-hybridized carbons (Fsp3) is 0.889. The second-order valence-corrected chi connectivity index (χ2v) is 3.66. The average molecular weight is 167 g/mol. The molecule has 0 unspecified atom stereocenters. The molecule has 0 saturated heterocycles. The van der Waals surface area contributed by atoms with Crippen LogP contribution < -0.4 is 5.23 Å². The first-order valence-electron chi connectivity index (χ1n) is 5.06. The van der Waals surface area contributed by atoms with E-state index in [1.54, 1.807) is 7.98 Å². The van der Waals surface area contributed by atoms with E-state index < -0.39 is 0 Å². The molecule has 0 heterocycles. The van der Waals surface area contributed by atoms with Gasteiger partial charge in [0.15, 0.2) is 0 Å². The largest absolute Gasteiger partial charge is 0.406 e. The number of hydrogen-bond acceptors (Lipinski definition) is 1. The Balaban J connectivity index is 2.34. The van der Waals surface area contributed by atoms with E-state index in [9.17, 15) is 4.79 Å². The summed E-state index contributed by atoms with van der Waals surface area (Å²) >= 11 is 0. The summed E-state index contributed by atoms with van der Waals surface area (Å²) in [4.78, 5) is 11.3. The van der Waals surface area contributed by atoms with E-state index >= 15 is 0 Å². The number of carbonyl (C=O) groups is 1. The Hall–Kier alpha value is -0.465. The van der Waals surface area contributed by atoms with E-state index in [4.69, 9.17) is 0 Å². The fourth-order valence-electron chi connectivity index (χ4n) is 1.92. The van der Waals surface area contributed by atoms with E-state index in [0.29, 0.717) is 5.92 Å². The number of amides is 1. The number of nitrogens with one attached hydrogen (secondary N) is 1. The molecule has 3 heteroatoms. The van der Waals surface area contributed by atoms with Crippen molar-refractivity contribution in [1.29, 1.82) is 0 Å². The highest BCUT2D eigenvalue weighted by molar-refractivity contribution is 6.14. The molecule has 1 N–H and O–H groups in total. The van der Waals surface area contributed by atoms with E-state index in [2.05, 4.69) is 5.23 Å². The van der Waals surface area contributed by atoms with Gasteiger partial charge in [-0.15, -0.1) is 0 Å². The quantitative estimate of drug-likeness (QED) is 0.580. The molecule has 0 aromatic rings. The van der Waals surface area contributed by atoms with E-state index in [0.717, 1.165) is 12.8 Å². The van der Waals surface area contributed by atoms with Gasteiger partial charge in [0.1, 0.15) is 0 Å². The Kier molecular flexibility index (Phi) is 4.19. The second kappa shape index (κ2) is 5.23. The summed E-state index contributed by atoms with van der Waals surface area (Å²) in [6.07, 6.45) is 8.65. The number of carbonyl (C=O) groups excluding carboxylic acids is 1. The summed E-state index contributed by atoms with van der Waals surface area (Å²) < 4.78 is 0. The summed E-state index contributed by atoms with van der Waals surface area (Å²) in [6.45, 7) is 0. The van der Waals surface area contributed by atoms with Crippen molar-refractivity contribution in [2.24, 2.45) is 5.92 Å². The number of hydrogen-bond donors (Lipinski definition) is 1. The molecule has 0 aliphatic heterocycles. The smallest absolute Gasteiger partial charge is 0.217 e. The van der Waals surface area contributed by atoms with Crippen molar-refractivity contribution in [3.05, 3.63) is 0 Å². The Morgan fingerprint density at radius 2 is 1.58 bits per heavy atom. The first kappa shape index (κ1) is 9.62. The maximum absolute atomic E-state index is 11.3. The van der Waals surface area contributed by atoms with Gasteiger partial charge in [-0.25, -0.2) is 0 Å². The average Bonchev–Trinajstić information content (AvgIpc) is 2.02. The van der Waals surface area contributed by atoms with Crippen LogP contribution in [-0.2, 0) is 4.79 Å². The van der Waals surface area contributed by atoms with Crippen molar-refractivity contribution in [2.45, 2.75) is 44.9 Å². The zero-order valence-electron chi connectivity index (χ0n) is 7.94. The maximum atomic E-state index is 11.3. The van der Waals surface area contributed by atoms with Gasteiger partial charge in [0.25, 0.3) is 0 Å². The van der Waals surface area contributed by atoms with Crippen LogP contribution in [0.2, 0.25) is 0 Å². The summed E-state index contributed by atoms with van der Waals surface area (Å²) in [5, 5.41) is 2.74. The predicted octanol–water partition coefficient (Wildman–Crippen LogP) is 1.01. The first-order valence-corrected chi connectivity index (χ1v) is 5.06. The lowest BCUT2D eigenvalue weighted by Gasteiger charge is -2.17. The molecule has 12 heavy (non-hydrogen) atoms. The molecule has 1 aliphatic carbocycles. The molecule has 1 fully saturated rings. The minimum absolute atomic E-state index is 0.247. The monoisotopic (exact) mass is 167 g/mol. The minimum atomic E-state index is 0.247. The summed E-state index contributed by atoms with van der Waals surface area (Å²) in [5.41, 5.74) is 0. The highest BCUT2D eigenvalue weighted by Gasteiger charge is 2.17. The van der Waals surface area contributed by atoms with Gasteiger partial charge in [-0.05, 0) is 12.8 Å². The summed E-state index contributed by atoms with van der Waals surface area (Å²) in [7, 11) is 1.74. The van der Waals surface area contributed by atoms with E-state index in [1.807, 2.05) is 0 Å². The number of rotatable bonds is 1. The van der Waals surface area contributed by atoms with Crippen LogP contribution in [0.4, 0.5) is 0 Å². The standard InChI is InChI=1S/C9H18BNO/c10-11-9(12)8-6-4-2-1-3-5-7-8/h8H,1-7,10H2,(H,11,12). The molecule has 0 radical (unpaired) electrons. The van der Waals surface area contributed by atoms with Gasteiger partial charge in [-0.3, -0.25) is 4.79 Å². The van der Waals surface area contributed by atoms with Gasteiger partial charge in [-0.2, -0.15) is 0 Å². The highest BCUT2D eigenvalue weighted by atomic mass is 16.1. The van der Waals surface area contributed by atoms with Gasteiger partial charge in [-0.1, -0.05) is 32.1 Å². The molecule has 0 atom stereocenters. The lowest BCUT2D eigenvalue weighted by atomic mass is 9.90. The molecule has 0 bridgehead atoms. The van der Waals surface area contributed by atoms with Crippen LogP contribution in [0.1, 0.15) is 44.9 Å². The van der Waals surface area contributed by atoms with Crippen molar-refractivity contribution in [3.63, 3.8) is 0 Å². The predicted molar refractivity (Wildman–Crippen MR) is 52.5 cm³/mol. The zero-order chi connectivity index (χ0) is 8.81. The van der Waals surface area contributed by atoms with Crippen molar-refractivity contribution >= 4 is 13.9 Å². The third-order valence-corrected chi connectivity index (χ3v) is 2.72. The lowest BCUT2D eigenvalue weighted by Crippen LogP contribution is -2.28. The SMILES string of the molecule is BNC(=O)C1CCCCCCC1. The molecule has 0 spiro atoms. The third kappa shape index (κ3) is 2.88. The van der Waals surface area contributed by atoms with Crippen LogP contribution in [0.3, 0.4) is 0 Å². The van der Waals surface area contributed by atoms with Crippen LogP contribution in [0.15, 0.2) is 0 Å². The fourth-order valence-corrected chi connectivity index (χ4v) is 1.92. The topological polar surface area (TPSA) is 29.1 Å². The van der Waals surface area contributed by atoms with Crippen LogP contribution in [-0.4, -0.2) is 13.9 Å². The Morgan fingerprint density at radius 1 is 1.08 bits per heavy atom. The molecule has 0 aromatic heterocycles. The van der Waals surface area contributed by atoms with Gasteiger partial charge in [0, 0.05) is 5.92 Å². The molecule has 1 amide bonds. The van der Waals surface area contributed by atoms with Crippen LogP contribution >= 0.6 is 0 Å². The van der Waals surface area contributed by atoms with Crippen molar-refractivity contribution in [1.82, 2.24) is 5.23 Å². The molecule has 1 saturated carbocycles. The normalized spacial score (nSPS) is 21.0. The lowest BCUT2D eigenvalue weighted by molar-refractivity contribution is -0.123. The highest BCUT2D eigenvalue weighted by Crippen LogP contribution is 2.21. The zero-order valence-corrected chi connectivity index (χ0v) is 7.94. The van der Waals surface area contributed by atoms with Gasteiger partial charge in [0.2, 0.25) is 13.9 Å². The van der Waals surface area contributed by atoms with E-state index in [1.165, 1.54) is 32.1 Å². The van der Waals surface area contributed by atoms with Crippen molar-refractivity contribution in [3.8, 4) is 0 Å². The van der Waals surface area contributed by atoms with Crippen molar-refractivity contribution < 1.29 is 4.79 Å². The Morgan fingerprint density at radius 3 is 2.08 bits per heavy atom. The molecule has 0 aromatic carbocycles. The van der Waals surface area contributed by atoms with Gasteiger partial charge in [0.05, 0.1) is 0 Å². The molecule has 1 rings (SSSR count). The van der Waals surface area contributed by atoms with Crippen LogP contribution in [0.5, 0.6) is 0 Å². The molecular formula is C9H18BNO. The minimum Gasteiger partial charge on any atom is -0.406 e. The van der Waals surface area contributed by atoms with Gasteiger partial charge >= 0.3 is 0 Å².